The second-order valence-electron chi connectivity index (χ2n) is 14.7. The van der Waals surface area contributed by atoms with E-state index in [0.717, 1.165) is 66.6 Å². The summed E-state index contributed by atoms with van der Waals surface area (Å²) < 4.78 is 6.38. The zero-order valence-electron chi connectivity index (χ0n) is 31.6. The van der Waals surface area contributed by atoms with Gasteiger partial charge in [0, 0.05) is 27.9 Å². The molecule has 272 valence electrons. The molecule has 0 bridgehead atoms. The van der Waals surface area contributed by atoms with Gasteiger partial charge in [0.15, 0.2) is 5.58 Å². The van der Waals surface area contributed by atoms with Crippen molar-refractivity contribution in [1.29, 1.82) is 0 Å². The Morgan fingerprint density at radius 3 is 1.74 bits per heavy atom. The molecule has 11 rings (SSSR count). The third-order valence-electron chi connectivity index (χ3n) is 11.3. The van der Waals surface area contributed by atoms with Crippen molar-refractivity contribution < 1.29 is 4.42 Å². The minimum Gasteiger partial charge on any atom is -0.436 e. The molecule has 0 spiro atoms. The first-order valence-electron chi connectivity index (χ1n) is 19.7. The maximum atomic E-state index is 6.38. The molecule has 1 heterocycles. The SMILES string of the molecule is c1ccc(-c2ccc3cc(N(c4ccc5cccc(-c6cccc7ccc8oc(-c9ccccc9)nc8c67)c5c4)c4ccccc4-c4ccccc4)ccc3c2)cc1. The monoisotopic (exact) mass is 740 g/mol. The van der Waals surface area contributed by atoms with E-state index >= 15 is 0 Å². The van der Waals surface area contributed by atoms with Gasteiger partial charge in [-0.25, -0.2) is 4.98 Å². The molecular weight excluding hydrogens is 705 g/mol. The second kappa shape index (κ2) is 14.1. The van der Waals surface area contributed by atoms with Crippen molar-refractivity contribution in [2.75, 3.05) is 4.90 Å². The van der Waals surface area contributed by atoms with Crippen LogP contribution < -0.4 is 4.90 Å². The van der Waals surface area contributed by atoms with Crippen LogP contribution in [-0.2, 0) is 0 Å². The van der Waals surface area contributed by atoms with Gasteiger partial charge in [0.05, 0.1) is 5.69 Å². The first kappa shape index (κ1) is 33.6. The van der Waals surface area contributed by atoms with Gasteiger partial charge in [-0.15, -0.1) is 0 Å². The highest BCUT2D eigenvalue weighted by molar-refractivity contribution is 6.15. The van der Waals surface area contributed by atoms with Crippen molar-refractivity contribution in [2.24, 2.45) is 0 Å². The minimum absolute atomic E-state index is 0.623. The molecule has 0 amide bonds. The summed E-state index contributed by atoms with van der Waals surface area (Å²) in [6.45, 7) is 0. The Labute approximate surface area is 336 Å². The highest BCUT2D eigenvalue weighted by Gasteiger charge is 2.20. The molecule has 3 heteroatoms. The lowest BCUT2D eigenvalue weighted by Gasteiger charge is -2.29. The molecule has 0 saturated carbocycles. The van der Waals surface area contributed by atoms with Crippen molar-refractivity contribution in [3.8, 4) is 44.8 Å². The van der Waals surface area contributed by atoms with Crippen LogP contribution in [0.15, 0.2) is 223 Å². The van der Waals surface area contributed by atoms with Gasteiger partial charge < -0.3 is 9.32 Å². The first-order chi connectivity index (χ1) is 28.7. The lowest BCUT2D eigenvalue weighted by atomic mass is 9.93. The maximum absolute atomic E-state index is 6.38. The molecular formula is C55H36N2O. The van der Waals surface area contributed by atoms with Crippen molar-refractivity contribution in [1.82, 2.24) is 4.98 Å². The van der Waals surface area contributed by atoms with Crippen LogP contribution in [0.2, 0.25) is 0 Å². The van der Waals surface area contributed by atoms with Crippen LogP contribution in [0.25, 0.3) is 88.3 Å². The Bertz CT molecular complexity index is 3280. The van der Waals surface area contributed by atoms with E-state index in [4.69, 9.17) is 9.40 Å². The lowest BCUT2D eigenvalue weighted by molar-refractivity contribution is 0.620. The van der Waals surface area contributed by atoms with E-state index in [2.05, 4.69) is 187 Å². The molecule has 58 heavy (non-hydrogen) atoms. The second-order valence-corrected chi connectivity index (χ2v) is 14.7. The fourth-order valence-electron chi connectivity index (χ4n) is 8.47. The lowest BCUT2D eigenvalue weighted by Crippen LogP contribution is -2.11. The van der Waals surface area contributed by atoms with Crippen LogP contribution in [0.4, 0.5) is 17.1 Å². The maximum Gasteiger partial charge on any atom is 0.227 e. The summed E-state index contributed by atoms with van der Waals surface area (Å²) in [6.07, 6.45) is 0. The van der Waals surface area contributed by atoms with Crippen molar-refractivity contribution in [3.05, 3.63) is 218 Å². The van der Waals surface area contributed by atoms with Gasteiger partial charge in [-0.2, -0.15) is 0 Å². The predicted octanol–water partition coefficient (Wildman–Crippen LogP) is 15.4. The van der Waals surface area contributed by atoms with E-state index in [9.17, 15) is 0 Å². The molecule has 11 aromatic rings. The highest BCUT2D eigenvalue weighted by atomic mass is 16.3. The van der Waals surface area contributed by atoms with E-state index in [-0.39, 0.29) is 0 Å². The Kier molecular flexibility index (Phi) is 8.15. The van der Waals surface area contributed by atoms with Gasteiger partial charge in [0.25, 0.3) is 0 Å². The molecule has 0 radical (unpaired) electrons. The summed E-state index contributed by atoms with van der Waals surface area (Å²) in [4.78, 5) is 7.52. The molecule has 0 N–H and O–H groups in total. The average Bonchev–Trinajstić information content (AvgIpc) is 3.75. The summed E-state index contributed by atoms with van der Waals surface area (Å²) in [6, 6.07) is 77.9. The third kappa shape index (κ3) is 5.89. The fraction of sp³-hybridized carbons (Fsp3) is 0. The van der Waals surface area contributed by atoms with Crippen LogP contribution in [0.3, 0.4) is 0 Å². The normalized spacial score (nSPS) is 11.4. The predicted molar refractivity (Wildman–Crippen MR) is 243 cm³/mol. The molecule has 1 aromatic heterocycles. The minimum atomic E-state index is 0.623. The molecule has 0 fully saturated rings. The van der Waals surface area contributed by atoms with Gasteiger partial charge in [0.1, 0.15) is 5.52 Å². The number of rotatable bonds is 7. The molecule has 10 aromatic carbocycles. The van der Waals surface area contributed by atoms with Crippen molar-refractivity contribution in [3.63, 3.8) is 0 Å². The van der Waals surface area contributed by atoms with Crippen molar-refractivity contribution in [2.45, 2.75) is 0 Å². The summed E-state index contributed by atoms with van der Waals surface area (Å²) in [5.41, 5.74) is 12.9. The Morgan fingerprint density at radius 2 is 0.948 bits per heavy atom. The number of hydrogen-bond donors (Lipinski definition) is 0. The zero-order valence-corrected chi connectivity index (χ0v) is 31.6. The molecule has 0 unspecified atom stereocenters. The number of para-hydroxylation sites is 1. The van der Waals surface area contributed by atoms with E-state index in [1.165, 1.54) is 32.8 Å². The van der Waals surface area contributed by atoms with Crippen LogP contribution in [0.5, 0.6) is 0 Å². The largest absolute Gasteiger partial charge is 0.436 e. The quantitative estimate of drug-likeness (QED) is 0.163. The van der Waals surface area contributed by atoms with Gasteiger partial charge in [-0.05, 0) is 109 Å². The van der Waals surface area contributed by atoms with E-state index in [1.807, 2.05) is 36.4 Å². The average molecular weight is 741 g/mol. The number of aromatic nitrogens is 1. The number of benzene rings is 10. The molecule has 3 nitrogen and oxygen atoms in total. The molecule has 0 aliphatic rings. The third-order valence-corrected chi connectivity index (χ3v) is 11.3. The number of anilines is 3. The summed E-state index contributed by atoms with van der Waals surface area (Å²) in [7, 11) is 0. The number of nitrogens with zero attached hydrogens (tertiary/aromatic N) is 2. The number of hydrogen-bond acceptors (Lipinski definition) is 3. The number of oxazole rings is 1. The molecule has 0 saturated heterocycles. The summed E-state index contributed by atoms with van der Waals surface area (Å²) in [5.74, 6) is 0.623. The Hall–Kier alpha value is -7.75. The van der Waals surface area contributed by atoms with Crippen molar-refractivity contribution >= 4 is 60.5 Å². The van der Waals surface area contributed by atoms with Crippen LogP contribution in [0.1, 0.15) is 0 Å². The molecule has 0 aliphatic carbocycles. The Morgan fingerprint density at radius 1 is 0.362 bits per heavy atom. The van der Waals surface area contributed by atoms with Gasteiger partial charge in [-0.3, -0.25) is 0 Å². The molecule has 0 aliphatic heterocycles. The smallest absolute Gasteiger partial charge is 0.227 e. The highest BCUT2D eigenvalue weighted by Crippen LogP contribution is 2.45. The standard InChI is InChI=1S/C55H36N2O/c1-4-14-37(15-5-1)42-26-27-44-35-45(32-29-43(44)34-42)57(51-25-11-10-22-47(51)38-16-6-2-7-17-38)46-31-28-39-20-12-23-48(50(39)36-46)49-24-13-21-40-30-33-52-54(53(40)49)56-55(58-52)41-18-8-3-9-19-41/h1-36H. The Balaban J connectivity index is 1.11. The van der Waals surface area contributed by atoms with E-state index in [0.29, 0.717) is 5.89 Å². The first-order valence-corrected chi connectivity index (χ1v) is 19.7. The molecule has 0 atom stereocenters. The zero-order chi connectivity index (χ0) is 38.4. The number of fused-ring (bicyclic) bond motifs is 5. The van der Waals surface area contributed by atoms with Gasteiger partial charge in [-0.1, -0.05) is 164 Å². The van der Waals surface area contributed by atoms with Gasteiger partial charge >= 0.3 is 0 Å². The van der Waals surface area contributed by atoms with E-state index in [1.54, 1.807) is 0 Å². The topological polar surface area (TPSA) is 29.3 Å². The fourth-order valence-corrected chi connectivity index (χ4v) is 8.47. The van der Waals surface area contributed by atoms with Crippen LogP contribution in [0, 0.1) is 0 Å². The van der Waals surface area contributed by atoms with Crippen LogP contribution in [-0.4, -0.2) is 4.98 Å². The summed E-state index contributed by atoms with van der Waals surface area (Å²) >= 11 is 0. The van der Waals surface area contributed by atoms with Gasteiger partial charge in [0.2, 0.25) is 5.89 Å². The van der Waals surface area contributed by atoms with E-state index < -0.39 is 0 Å². The van der Waals surface area contributed by atoms with Crippen LogP contribution >= 0.6 is 0 Å². The summed E-state index contributed by atoms with van der Waals surface area (Å²) in [5, 5.41) is 6.91.